The van der Waals surface area contributed by atoms with Crippen molar-refractivity contribution in [3.05, 3.63) is 66.8 Å². The maximum absolute atomic E-state index is 14.4. The van der Waals surface area contributed by atoms with E-state index in [0.29, 0.717) is 12.1 Å². The molecule has 6 rings (SSSR count). The minimum Gasteiger partial charge on any atom is -0.465 e. The van der Waals surface area contributed by atoms with Gasteiger partial charge in [0.25, 0.3) is 5.91 Å². The third-order valence-corrected chi connectivity index (χ3v) is 8.07. The van der Waals surface area contributed by atoms with Gasteiger partial charge >= 0.3 is 5.97 Å². The molecule has 0 saturated carbocycles. The van der Waals surface area contributed by atoms with E-state index in [-0.39, 0.29) is 31.6 Å². The molecule has 2 saturated heterocycles. The van der Waals surface area contributed by atoms with Crippen LogP contribution in [0.3, 0.4) is 0 Å². The minimum absolute atomic E-state index is 0.269. The van der Waals surface area contributed by atoms with Crippen molar-refractivity contribution in [2.45, 2.75) is 43.6 Å². The SMILES string of the molecule is CC(CO)N1C(=O)[C@@H]2C3C(=O)OCCC/C=C\[C@H]3OC23C=CCN(c2ccc4ccccc4c2)C(=O)[C@@H]13. The fourth-order valence-corrected chi connectivity index (χ4v) is 6.33. The molecule has 0 aromatic heterocycles. The van der Waals surface area contributed by atoms with Gasteiger partial charge in [-0.1, -0.05) is 54.6 Å². The van der Waals surface area contributed by atoms with Gasteiger partial charge < -0.3 is 24.4 Å². The van der Waals surface area contributed by atoms with Crippen LogP contribution in [0.4, 0.5) is 5.69 Å². The summed E-state index contributed by atoms with van der Waals surface area (Å²) in [5.41, 5.74) is -0.640. The smallest absolute Gasteiger partial charge is 0.312 e. The zero-order chi connectivity index (χ0) is 25.7. The molecule has 1 spiro atoms. The lowest BCUT2D eigenvalue weighted by atomic mass is 9.78. The average molecular weight is 503 g/mol. The van der Waals surface area contributed by atoms with Crippen LogP contribution in [0.1, 0.15) is 19.8 Å². The maximum atomic E-state index is 14.4. The van der Waals surface area contributed by atoms with E-state index in [0.717, 1.165) is 17.2 Å². The lowest BCUT2D eigenvalue weighted by Crippen LogP contribution is -2.57. The van der Waals surface area contributed by atoms with Crippen LogP contribution in [0.2, 0.25) is 0 Å². The van der Waals surface area contributed by atoms with Crippen LogP contribution in [0.25, 0.3) is 10.8 Å². The standard InChI is InChI=1S/C29H30N2O6/c1-18(17-32)31-25-27(34)30(21-12-11-19-8-4-5-9-20(19)16-21)14-7-13-29(25)24(26(31)33)23-22(37-29)10-3-2-6-15-36-28(23)35/h3-5,7-13,16,18,22-25,32H,2,6,14-15,17H2,1H3/b10-3-/t18?,22-,23?,24+,25-,29?/m1/s1. The highest BCUT2D eigenvalue weighted by Crippen LogP contribution is 2.53. The number of allylic oxidation sites excluding steroid dienone is 1. The first-order chi connectivity index (χ1) is 18.0. The highest BCUT2D eigenvalue weighted by Gasteiger charge is 2.72. The van der Waals surface area contributed by atoms with Crippen LogP contribution >= 0.6 is 0 Å². The number of hydrogen-bond acceptors (Lipinski definition) is 6. The zero-order valence-electron chi connectivity index (χ0n) is 20.7. The van der Waals surface area contributed by atoms with Gasteiger partial charge in [0.05, 0.1) is 31.3 Å². The number of hydrogen-bond donors (Lipinski definition) is 1. The number of ether oxygens (including phenoxy) is 2. The van der Waals surface area contributed by atoms with Crippen molar-refractivity contribution in [1.29, 1.82) is 0 Å². The van der Waals surface area contributed by atoms with Gasteiger partial charge in [-0.2, -0.15) is 0 Å². The second kappa shape index (κ2) is 9.11. The second-order valence-corrected chi connectivity index (χ2v) is 10.2. The highest BCUT2D eigenvalue weighted by molar-refractivity contribution is 6.06. The second-order valence-electron chi connectivity index (χ2n) is 10.2. The largest absolute Gasteiger partial charge is 0.465 e. The molecular weight excluding hydrogens is 472 g/mol. The van der Waals surface area contributed by atoms with Gasteiger partial charge in [-0.05, 0) is 42.7 Å². The van der Waals surface area contributed by atoms with Crippen molar-refractivity contribution < 1.29 is 29.0 Å². The molecule has 6 atom stereocenters. The Hall–Kier alpha value is -3.49. The maximum Gasteiger partial charge on any atom is 0.312 e. The zero-order valence-corrected chi connectivity index (χ0v) is 20.7. The first kappa shape index (κ1) is 23.9. The molecule has 1 N–H and O–H groups in total. The normalized spacial score (nSPS) is 33.1. The van der Waals surface area contributed by atoms with Gasteiger partial charge in [-0.15, -0.1) is 0 Å². The van der Waals surface area contributed by atoms with Crippen LogP contribution < -0.4 is 4.90 Å². The summed E-state index contributed by atoms with van der Waals surface area (Å²) >= 11 is 0. The Kier molecular flexibility index (Phi) is 5.88. The molecule has 0 aliphatic carbocycles. The van der Waals surface area contributed by atoms with Crippen LogP contribution in [0, 0.1) is 11.8 Å². The Morgan fingerprint density at radius 3 is 2.70 bits per heavy atom. The number of likely N-dealkylation sites (tertiary alicyclic amines) is 1. The summed E-state index contributed by atoms with van der Waals surface area (Å²) in [5.74, 6) is -2.96. The molecule has 192 valence electrons. The monoisotopic (exact) mass is 502 g/mol. The van der Waals surface area contributed by atoms with Gasteiger partial charge in [-0.25, -0.2) is 0 Å². The molecule has 4 heterocycles. The molecule has 3 unspecified atom stereocenters. The molecule has 8 heteroatoms. The molecule has 4 aliphatic heterocycles. The van der Waals surface area contributed by atoms with E-state index in [2.05, 4.69) is 0 Å². The number of aliphatic hydroxyl groups is 1. The van der Waals surface area contributed by atoms with Gasteiger partial charge in [0.1, 0.15) is 17.6 Å². The third-order valence-electron chi connectivity index (χ3n) is 8.07. The topological polar surface area (TPSA) is 96.4 Å². The molecule has 2 fully saturated rings. The van der Waals surface area contributed by atoms with E-state index in [9.17, 15) is 19.5 Å². The van der Waals surface area contributed by atoms with Crippen LogP contribution in [-0.4, -0.2) is 71.3 Å². The van der Waals surface area contributed by atoms with Crippen LogP contribution in [0.5, 0.6) is 0 Å². The average Bonchev–Trinajstić information content (AvgIpc) is 3.33. The lowest BCUT2D eigenvalue weighted by Gasteiger charge is -2.37. The Morgan fingerprint density at radius 2 is 1.89 bits per heavy atom. The summed E-state index contributed by atoms with van der Waals surface area (Å²) in [6, 6.07) is 12.1. The van der Waals surface area contributed by atoms with Crippen molar-refractivity contribution in [2.24, 2.45) is 11.8 Å². The van der Waals surface area contributed by atoms with Crippen molar-refractivity contribution in [3.63, 3.8) is 0 Å². The molecule has 0 radical (unpaired) electrons. The van der Waals surface area contributed by atoms with Crippen molar-refractivity contribution >= 4 is 34.2 Å². The van der Waals surface area contributed by atoms with Gasteiger partial charge in [0.15, 0.2) is 0 Å². The van der Waals surface area contributed by atoms with E-state index >= 15 is 0 Å². The number of esters is 1. The quantitative estimate of drug-likeness (QED) is 0.512. The molecule has 0 bridgehead atoms. The third kappa shape index (κ3) is 3.61. The van der Waals surface area contributed by atoms with Crippen LogP contribution in [-0.2, 0) is 23.9 Å². The van der Waals surface area contributed by atoms with Crippen molar-refractivity contribution in [2.75, 3.05) is 24.7 Å². The predicted octanol–water partition coefficient (Wildman–Crippen LogP) is 2.60. The summed E-state index contributed by atoms with van der Waals surface area (Å²) in [5, 5.41) is 12.1. The number of carbonyl (C=O) groups excluding carboxylic acids is 3. The van der Waals surface area contributed by atoms with Crippen LogP contribution in [0.15, 0.2) is 66.8 Å². The van der Waals surface area contributed by atoms with E-state index in [1.807, 2.05) is 60.7 Å². The van der Waals surface area contributed by atoms with E-state index in [4.69, 9.17) is 9.47 Å². The summed E-state index contributed by atoms with van der Waals surface area (Å²) in [6.07, 6.45) is 8.17. The molecular formula is C29H30N2O6. The molecule has 2 aromatic carbocycles. The van der Waals surface area contributed by atoms with E-state index in [1.165, 1.54) is 4.90 Å². The summed E-state index contributed by atoms with van der Waals surface area (Å²) < 4.78 is 12.1. The summed E-state index contributed by atoms with van der Waals surface area (Å²) in [6.45, 7) is 1.94. The Labute approximate surface area is 215 Å². The van der Waals surface area contributed by atoms with Crippen molar-refractivity contribution in [3.8, 4) is 0 Å². The predicted molar refractivity (Wildman–Crippen MR) is 137 cm³/mol. The number of anilines is 1. The van der Waals surface area contributed by atoms with E-state index < -0.39 is 41.6 Å². The number of rotatable bonds is 3. The minimum atomic E-state index is -1.35. The number of carbonyl (C=O) groups is 3. The molecule has 4 aliphatic rings. The Morgan fingerprint density at radius 1 is 1.08 bits per heavy atom. The number of nitrogens with zero attached hydrogens (tertiary/aromatic N) is 2. The summed E-state index contributed by atoms with van der Waals surface area (Å²) in [7, 11) is 0. The lowest BCUT2D eigenvalue weighted by molar-refractivity contribution is -0.155. The summed E-state index contributed by atoms with van der Waals surface area (Å²) in [4.78, 5) is 44.6. The first-order valence-corrected chi connectivity index (χ1v) is 12.9. The molecule has 2 amide bonds. The van der Waals surface area contributed by atoms with Crippen molar-refractivity contribution in [1.82, 2.24) is 4.90 Å². The van der Waals surface area contributed by atoms with Gasteiger partial charge in [0.2, 0.25) is 5.91 Å². The van der Waals surface area contributed by atoms with Gasteiger partial charge in [-0.3, -0.25) is 14.4 Å². The molecule has 8 nitrogen and oxygen atoms in total. The fraction of sp³-hybridized carbons (Fsp3) is 0.414. The Balaban J connectivity index is 1.47. The number of amides is 2. The first-order valence-electron chi connectivity index (χ1n) is 12.9. The van der Waals surface area contributed by atoms with E-state index in [1.54, 1.807) is 17.9 Å². The fourth-order valence-electron chi connectivity index (χ4n) is 6.33. The Bertz CT molecular complexity index is 1320. The van der Waals surface area contributed by atoms with Gasteiger partial charge in [0, 0.05) is 12.2 Å². The number of fused-ring (bicyclic) bond motifs is 3. The number of aliphatic hydroxyl groups excluding tert-OH is 1. The molecule has 37 heavy (non-hydrogen) atoms. The number of cyclic esters (lactones) is 1. The highest BCUT2D eigenvalue weighted by atomic mass is 16.6. The molecule has 2 aromatic rings. The number of benzene rings is 2.